The fraction of sp³-hybridized carbons (Fsp3) is 0.310. The number of amides is 2. The van der Waals surface area contributed by atoms with Crippen molar-refractivity contribution in [3.05, 3.63) is 81.3 Å². The number of nitrogens with one attached hydrogen (secondary N) is 1. The number of carbonyl (C=O) groups is 3. The molecule has 0 saturated carbocycles. The van der Waals surface area contributed by atoms with E-state index in [1.54, 1.807) is 12.3 Å². The summed E-state index contributed by atoms with van der Waals surface area (Å²) in [5, 5.41) is 19.9. The number of aromatic nitrogens is 2. The van der Waals surface area contributed by atoms with Crippen LogP contribution in [-0.4, -0.2) is 51.9 Å². The highest BCUT2D eigenvalue weighted by atomic mass is 16.4. The molecule has 0 radical (unpaired) electrons. The lowest BCUT2D eigenvalue weighted by molar-refractivity contribution is -0.134. The lowest BCUT2D eigenvalue weighted by atomic mass is 9.96. The number of aryl methyl sites for hydroxylation is 1. The Morgan fingerprint density at radius 3 is 2.42 bits per heavy atom. The molecule has 4 N–H and O–H groups in total. The summed E-state index contributed by atoms with van der Waals surface area (Å²) in [6.07, 6.45) is 4.63. The van der Waals surface area contributed by atoms with Crippen molar-refractivity contribution in [3.63, 3.8) is 0 Å². The van der Waals surface area contributed by atoms with Gasteiger partial charge in [0.2, 0.25) is 5.91 Å². The van der Waals surface area contributed by atoms with Crippen LogP contribution in [0.25, 0.3) is 11.7 Å². The molecule has 4 rings (SSSR count). The molecule has 11 nitrogen and oxygen atoms in total. The van der Waals surface area contributed by atoms with Gasteiger partial charge in [-0.1, -0.05) is 36.4 Å². The number of carboxylic acids is 1. The van der Waals surface area contributed by atoms with Crippen LogP contribution in [0.15, 0.2) is 59.0 Å². The van der Waals surface area contributed by atoms with Gasteiger partial charge < -0.3 is 21.1 Å². The number of piperidine rings is 1. The maximum Gasteiger partial charge on any atom is 0.300 e. The highest BCUT2D eigenvalue weighted by Crippen LogP contribution is 2.26. The van der Waals surface area contributed by atoms with Crippen molar-refractivity contribution in [1.29, 1.82) is 5.26 Å². The second-order valence-electron chi connectivity index (χ2n) is 9.38. The summed E-state index contributed by atoms with van der Waals surface area (Å²) in [6, 6.07) is 15.2. The fourth-order valence-corrected chi connectivity index (χ4v) is 4.40. The number of nitriles is 1. The number of fused-ring (bicyclic) bond motifs is 1. The molecule has 2 aromatic heterocycles. The molecule has 11 heteroatoms. The molecule has 2 amide bonds. The minimum atomic E-state index is -0.833. The Labute approximate surface area is 231 Å². The first-order chi connectivity index (χ1) is 19.1. The molecule has 0 aliphatic carbocycles. The smallest absolute Gasteiger partial charge is 0.300 e. The molecule has 0 atom stereocenters. The number of carbonyl (C=O) groups excluding carboxylic acids is 2. The van der Waals surface area contributed by atoms with Gasteiger partial charge in [-0.3, -0.25) is 23.6 Å². The summed E-state index contributed by atoms with van der Waals surface area (Å²) in [5.74, 6) is -1.56. The van der Waals surface area contributed by atoms with Gasteiger partial charge in [0, 0.05) is 38.7 Å². The second-order valence-corrected chi connectivity index (χ2v) is 9.38. The Hall–Kier alpha value is -4.98. The maximum atomic E-state index is 13.5. The molecule has 40 heavy (non-hydrogen) atoms. The van der Waals surface area contributed by atoms with E-state index in [0.717, 1.165) is 18.1 Å². The number of hydrogen-bond acceptors (Lipinski definition) is 7. The molecule has 1 aliphatic rings. The molecule has 1 saturated heterocycles. The minimum absolute atomic E-state index is 0.158. The number of hydrogen-bond donors (Lipinski definition) is 3. The third kappa shape index (κ3) is 7.54. The zero-order chi connectivity index (χ0) is 29.2. The Morgan fingerprint density at radius 2 is 1.82 bits per heavy atom. The number of primary amides is 1. The summed E-state index contributed by atoms with van der Waals surface area (Å²) >= 11 is 0. The van der Waals surface area contributed by atoms with Gasteiger partial charge in [-0.05, 0) is 49.5 Å². The first-order valence-corrected chi connectivity index (χ1v) is 12.8. The molecular weight excluding hydrogens is 512 g/mol. The Kier molecular flexibility index (Phi) is 10.1. The van der Waals surface area contributed by atoms with E-state index in [2.05, 4.69) is 5.32 Å². The van der Waals surface area contributed by atoms with E-state index < -0.39 is 11.9 Å². The molecule has 1 aromatic carbocycles. The lowest BCUT2D eigenvalue weighted by Crippen LogP contribution is -2.40. The van der Waals surface area contributed by atoms with E-state index in [1.165, 1.54) is 10.5 Å². The van der Waals surface area contributed by atoms with Crippen LogP contribution in [0.3, 0.4) is 0 Å². The second kappa shape index (κ2) is 13.7. The Balaban J connectivity index is 0.00000103. The van der Waals surface area contributed by atoms with E-state index >= 15 is 0 Å². The average molecular weight is 545 g/mol. The molecule has 0 spiro atoms. The minimum Gasteiger partial charge on any atom is -0.481 e. The van der Waals surface area contributed by atoms with Crippen molar-refractivity contribution in [2.75, 3.05) is 24.5 Å². The van der Waals surface area contributed by atoms with Gasteiger partial charge in [0.1, 0.15) is 23.1 Å². The number of rotatable bonds is 7. The van der Waals surface area contributed by atoms with Gasteiger partial charge in [-0.2, -0.15) is 5.26 Å². The van der Waals surface area contributed by atoms with Crippen LogP contribution < -0.4 is 21.5 Å². The van der Waals surface area contributed by atoms with Crippen LogP contribution in [0.2, 0.25) is 0 Å². The number of carboxylic acid groups (broad SMARTS) is 1. The van der Waals surface area contributed by atoms with Crippen molar-refractivity contribution in [1.82, 2.24) is 14.7 Å². The van der Waals surface area contributed by atoms with Gasteiger partial charge in [0.15, 0.2) is 0 Å². The van der Waals surface area contributed by atoms with Gasteiger partial charge in [-0.15, -0.1) is 0 Å². The highest BCUT2D eigenvalue weighted by molar-refractivity contribution is 6.02. The van der Waals surface area contributed by atoms with Crippen LogP contribution in [0.4, 0.5) is 5.82 Å². The lowest BCUT2D eigenvalue weighted by Gasteiger charge is -2.32. The van der Waals surface area contributed by atoms with Crippen molar-refractivity contribution in [2.45, 2.75) is 33.1 Å². The summed E-state index contributed by atoms with van der Waals surface area (Å²) in [5.41, 5.74) is 7.46. The Bertz CT molecular complexity index is 1510. The molecule has 3 aromatic rings. The van der Waals surface area contributed by atoms with Gasteiger partial charge in [0.05, 0.1) is 5.56 Å². The predicted molar refractivity (Wildman–Crippen MR) is 150 cm³/mol. The fourth-order valence-electron chi connectivity index (χ4n) is 4.40. The van der Waals surface area contributed by atoms with Crippen molar-refractivity contribution in [2.24, 2.45) is 11.7 Å². The molecule has 1 aliphatic heterocycles. The topological polar surface area (TPSA) is 171 Å². The van der Waals surface area contributed by atoms with Crippen LogP contribution in [0.5, 0.6) is 0 Å². The summed E-state index contributed by atoms with van der Waals surface area (Å²) < 4.78 is 1.42. The standard InChI is InChI=1S/C27H28N6O3.C2H4O2/c1-18-6-5-13-33-24(18)31-25(32-14-10-20(11-15-32)23(29)34)22(27(33)36)16-21(17-28)26(35)30-12-9-19-7-3-2-4-8-19;1-2(3)4/h2-8,13,16,20H,9-12,14-15H2,1H3,(H2,29,34)(H,30,35);1H3,(H,3,4)/b21-16-;. The van der Waals surface area contributed by atoms with Crippen LogP contribution >= 0.6 is 0 Å². The first-order valence-electron chi connectivity index (χ1n) is 12.8. The van der Waals surface area contributed by atoms with E-state index in [4.69, 9.17) is 20.6 Å². The monoisotopic (exact) mass is 544 g/mol. The van der Waals surface area contributed by atoms with Crippen molar-refractivity contribution < 1.29 is 19.5 Å². The number of anilines is 1. The third-order valence-corrected chi connectivity index (χ3v) is 6.46. The van der Waals surface area contributed by atoms with Crippen molar-refractivity contribution in [3.8, 4) is 6.07 Å². The van der Waals surface area contributed by atoms with Gasteiger partial charge >= 0.3 is 0 Å². The Morgan fingerprint density at radius 1 is 1.18 bits per heavy atom. The number of nitrogens with zero attached hydrogens (tertiary/aromatic N) is 4. The first kappa shape index (κ1) is 29.6. The average Bonchev–Trinajstić information content (AvgIpc) is 2.93. The van der Waals surface area contributed by atoms with E-state index in [9.17, 15) is 19.6 Å². The number of pyridine rings is 1. The SMILES string of the molecule is CC(=O)O.Cc1cccn2c(=O)c(/C=C(/C#N)C(=O)NCCc3ccccc3)c(N3CCC(C(N)=O)CC3)nc12. The quantitative estimate of drug-likeness (QED) is 0.300. The third-order valence-electron chi connectivity index (χ3n) is 6.46. The molecule has 0 bridgehead atoms. The number of aliphatic carboxylic acids is 1. The van der Waals surface area contributed by atoms with E-state index in [0.29, 0.717) is 50.4 Å². The van der Waals surface area contributed by atoms with Crippen LogP contribution in [0, 0.1) is 24.2 Å². The molecular formula is C29H32N6O5. The van der Waals surface area contributed by atoms with Crippen molar-refractivity contribution >= 4 is 35.3 Å². The zero-order valence-electron chi connectivity index (χ0n) is 22.5. The maximum absolute atomic E-state index is 13.5. The summed E-state index contributed by atoms with van der Waals surface area (Å²) in [7, 11) is 0. The highest BCUT2D eigenvalue weighted by Gasteiger charge is 2.27. The zero-order valence-corrected chi connectivity index (χ0v) is 22.5. The van der Waals surface area contributed by atoms with E-state index in [-0.39, 0.29) is 28.5 Å². The molecule has 1 fully saturated rings. The summed E-state index contributed by atoms with van der Waals surface area (Å²) in [6.45, 7) is 4.26. The number of benzene rings is 1. The molecule has 3 heterocycles. The predicted octanol–water partition coefficient (Wildman–Crippen LogP) is 2.06. The molecule has 208 valence electrons. The van der Waals surface area contributed by atoms with Crippen LogP contribution in [-0.2, 0) is 20.8 Å². The normalized spacial score (nSPS) is 13.6. The van der Waals surface area contributed by atoms with Crippen LogP contribution in [0.1, 0.15) is 36.5 Å². The summed E-state index contributed by atoms with van der Waals surface area (Å²) in [4.78, 5) is 53.6. The number of nitrogens with two attached hydrogens (primary N) is 1. The van der Waals surface area contributed by atoms with Gasteiger partial charge in [-0.25, -0.2) is 4.98 Å². The van der Waals surface area contributed by atoms with E-state index in [1.807, 2.05) is 54.3 Å². The molecule has 0 unspecified atom stereocenters. The van der Waals surface area contributed by atoms with Gasteiger partial charge in [0.25, 0.3) is 17.4 Å². The largest absolute Gasteiger partial charge is 0.481 e.